The summed E-state index contributed by atoms with van der Waals surface area (Å²) in [7, 11) is 0. The van der Waals surface area contributed by atoms with E-state index in [1.54, 1.807) is 0 Å². The Morgan fingerprint density at radius 2 is 1.86 bits per heavy atom. The number of carbonyl (C=O) groups is 2. The van der Waals surface area contributed by atoms with Gasteiger partial charge >= 0.3 is 5.97 Å². The molecule has 2 rings (SSSR count). The van der Waals surface area contributed by atoms with Gasteiger partial charge in [0, 0.05) is 15.8 Å². The van der Waals surface area contributed by atoms with E-state index in [4.69, 9.17) is 9.84 Å². The van der Waals surface area contributed by atoms with Crippen molar-refractivity contribution in [3.8, 4) is 0 Å². The van der Waals surface area contributed by atoms with Crippen LogP contribution in [0.25, 0.3) is 0 Å². The number of anilines is 1. The summed E-state index contributed by atoms with van der Waals surface area (Å²) in [5, 5.41) is 11.8. The van der Waals surface area contributed by atoms with Crippen LogP contribution in [0, 0.1) is 0 Å². The quantitative estimate of drug-likeness (QED) is 0.810. The predicted molar refractivity (Wildman–Crippen MR) is 81.6 cm³/mol. The zero-order valence-electron chi connectivity index (χ0n) is 11.7. The second-order valence-corrected chi connectivity index (χ2v) is 6.36. The van der Waals surface area contributed by atoms with E-state index in [2.05, 4.69) is 5.32 Å². The molecule has 0 heterocycles. The van der Waals surface area contributed by atoms with Crippen molar-refractivity contribution in [2.24, 2.45) is 0 Å². The summed E-state index contributed by atoms with van der Waals surface area (Å²) in [5.74, 6) is -1.44. The van der Waals surface area contributed by atoms with E-state index in [1.165, 1.54) is 30.6 Å². The van der Waals surface area contributed by atoms with Crippen LogP contribution in [0.3, 0.4) is 0 Å². The molecule has 0 atom stereocenters. The van der Waals surface area contributed by atoms with Gasteiger partial charge in [0.1, 0.15) is 13.2 Å². The first-order valence-electron chi connectivity index (χ1n) is 6.99. The van der Waals surface area contributed by atoms with E-state index in [-0.39, 0.29) is 12.5 Å². The summed E-state index contributed by atoms with van der Waals surface area (Å²) < 4.78 is 4.73. The van der Waals surface area contributed by atoms with Gasteiger partial charge in [-0.25, -0.2) is 4.79 Å². The molecule has 5 nitrogen and oxygen atoms in total. The third kappa shape index (κ3) is 5.77. The largest absolute Gasteiger partial charge is 0.480 e. The Balaban J connectivity index is 1.76. The summed E-state index contributed by atoms with van der Waals surface area (Å²) in [6.07, 6.45) is 5.21. The number of thioether (sulfide) groups is 1. The SMILES string of the molecule is O=C(O)COCC(=O)Nc1ccc(SC2CCCC2)cc1. The van der Waals surface area contributed by atoms with Crippen LogP contribution in [0.4, 0.5) is 5.69 Å². The molecule has 0 bridgehead atoms. The van der Waals surface area contributed by atoms with E-state index in [9.17, 15) is 9.59 Å². The number of carboxylic acids is 1. The first-order chi connectivity index (χ1) is 10.1. The Morgan fingerprint density at radius 3 is 2.48 bits per heavy atom. The van der Waals surface area contributed by atoms with Gasteiger partial charge < -0.3 is 15.2 Å². The van der Waals surface area contributed by atoms with Crippen LogP contribution in [-0.4, -0.2) is 35.4 Å². The number of carboxylic acid groups (broad SMARTS) is 1. The van der Waals surface area contributed by atoms with E-state index >= 15 is 0 Å². The molecule has 0 aliphatic heterocycles. The zero-order chi connectivity index (χ0) is 15.1. The van der Waals surface area contributed by atoms with Crippen LogP contribution < -0.4 is 5.32 Å². The third-order valence-electron chi connectivity index (χ3n) is 3.20. The maximum atomic E-state index is 11.5. The minimum atomic E-state index is -1.09. The van der Waals surface area contributed by atoms with Crippen LogP contribution in [0.5, 0.6) is 0 Å². The monoisotopic (exact) mass is 309 g/mol. The Bertz CT molecular complexity index is 483. The molecule has 1 amide bonds. The highest BCUT2D eigenvalue weighted by Crippen LogP contribution is 2.34. The topological polar surface area (TPSA) is 75.6 Å². The Morgan fingerprint density at radius 1 is 1.19 bits per heavy atom. The molecule has 2 N–H and O–H groups in total. The lowest BCUT2D eigenvalue weighted by molar-refractivity contribution is -0.143. The molecule has 1 aliphatic rings. The number of carbonyl (C=O) groups excluding carboxylic acids is 1. The zero-order valence-corrected chi connectivity index (χ0v) is 12.5. The third-order valence-corrected chi connectivity index (χ3v) is 4.55. The van der Waals surface area contributed by atoms with Gasteiger partial charge in [-0.15, -0.1) is 11.8 Å². The Kier molecular flexibility index (Phi) is 6.07. The summed E-state index contributed by atoms with van der Waals surface area (Å²) in [5.41, 5.74) is 0.690. The first-order valence-corrected chi connectivity index (χ1v) is 7.87. The molecule has 0 aromatic heterocycles. The molecule has 6 heteroatoms. The van der Waals surface area contributed by atoms with E-state index in [1.807, 2.05) is 36.0 Å². The molecule has 1 fully saturated rings. The fourth-order valence-corrected chi connectivity index (χ4v) is 3.49. The van der Waals surface area contributed by atoms with Gasteiger partial charge in [-0.2, -0.15) is 0 Å². The molecule has 114 valence electrons. The van der Waals surface area contributed by atoms with Crippen molar-refractivity contribution in [2.45, 2.75) is 35.8 Å². The first kappa shape index (κ1) is 15.9. The van der Waals surface area contributed by atoms with Gasteiger partial charge in [0.15, 0.2) is 0 Å². The Hall–Kier alpha value is -1.53. The number of aliphatic carboxylic acids is 1. The fraction of sp³-hybridized carbons (Fsp3) is 0.467. The van der Waals surface area contributed by atoms with Gasteiger partial charge in [-0.3, -0.25) is 4.79 Å². The predicted octanol–water partition coefficient (Wildman–Crippen LogP) is 2.76. The van der Waals surface area contributed by atoms with Crippen LogP contribution >= 0.6 is 11.8 Å². The molecule has 1 aromatic rings. The molecule has 1 saturated carbocycles. The van der Waals surface area contributed by atoms with Crippen molar-refractivity contribution in [3.05, 3.63) is 24.3 Å². The van der Waals surface area contributed by atoms with Crippen LogP contribution in [0.2, 0.25) is 0 Å². The maximum Gasteiger partial charge on any atom is 0.329 e. The van der Waals surface area contributed by atoms with Crippen molar-refractivity contribution in [3.63, 3.8) is 0 Å². The molecule has 0 saturated heterocycles. The minimum absolute atomic E-state index is 0.259. The number of hydrogen-bond acceptors (Lipinski definition) is 4. The van der Waals surface area contributed by atoms with Crippen molar-refractivity contribution in [1.82, 2.24) is 0 Å². The van der Waals surface area contributed by atoms with E-state index in [0.29, 0.717) is 5.69 Å². The Labute approximate surface area is 128 Å². The van der Waals surface area contributed by atoms with Gasteiger partial charge in [-0.1, -0.05) is 12.8 Å². The second-order valence-electron chi connectivity index (χ2n) is 4.98. The van der Waals surface area contributed by atoms with Gasteiger partial charge in [0.05, 0.1) is 0 Å². The maximum absolute atomic E-state index is 11.5. The number of benzene rings is 1. The number of amides is 1. The molecule has 21 heavy (non-hydrogen) atoms. The van der Waals surface area contributed by atoms with Gasteiger partial charge in [0.2, 0.25) is 5.91 Å². The molecular weight excluding hydrogens is 290 g/mol. The highest BCUT2D eigenvalue weighted by molar-refractivity contribution is 8.00. The van der Waals surface area contributed by atoms with E-state index < -0.39 is 12.6 Å². The van der Waals surface area contributed by atoms with Crippen LogP contribution in [0.1, 0.15) is 25.7 Å². The second kappa shape index (κ2) is 8.05. The lowest BCUT2D eigenvalue weighted by Gasteiger charge is -2.10. The molecule has 0 radical (unpaired) electrons. The normalized spacial score (nSPS) is 15.0. The smallest absolute Gasteiger partial charge is 0.329 e. The van der Waals surface area contributed by atoms with Crippen molar-refractivity contribution in [1.29, 1.82) is 0 Å². The highest BCUT2D eigenvalue weighted by atomic mass is 32.2. The molecular formula is C15H19NO4S. The van der Waals surface area contributed by atoms with Crippen LogP contribution in [-0.2, 0) is 14.3 Å². The van der Waals surface area contributed by atoms with E-state index in [0.717, 1.165) is 5.25 Å². The van der Waals surface area contributed by atoms with Crippen LogP contribution in [0.15, 0.2) is 29.2 Å². The molecule has 0 unspecified atom stereocenters. The fourth-order valence-electron chi connectivity index (χ4n) is 2.24. The summed E-state index contributed by atoms with van der Waals surface area (Å²) >= 11 is 1.89. The van der Waals surface area contributed by atoms with Crippen molar-refractivity contribution in [2.75, 3.05) is 18.5 Å². The average molecular weight is 309 g/mol. The number of nitrogens with one attached hydrogen (secondary N) is 1. The molecule has 1 aliphatic carbocycles. The lowest BCUT2D eigenvalue weighted by Crippen LogP contribution is -2.20. The number of ether oxygens (including phenoxy) is 1. The van der Waals surface area contributed by atoms with Crippen molar-refractivity contribution >= 4 is 29.3 Å². The summed E-state index contributed by atoms with van der Waals surface area (Å²) in [6.45, 7) is -0.727. The highest BCUT2D eigenvalue weighted by Gasteiger charge is 2.15. The summed E-state index contributed by atoms with van der Waals surface area (Å²) in [6, 6.07) is 7.70. The average Bonchev–Trinajstić information content (AvgIpc) is 2.93. The lowest BCUT2D eigenvalue weighted by atomic mass is 10.3. The van der Waals surface area contributed by atoms with Crippen molar-refractivity contribution < 1.29 is 19.4 Å². The molecule has 1 aromatic carbocycles. The van der Waals surface area contributed by atoms with Gasteiger partial charge in [0.25, 0.3) is 0 Å². The van der Waals surface area contributed by atoms with Gasteiger partial charge in [-0.05, 0) is 37.1 Å². The standard InChI is InChI=1S/C15H19NO4S/c17-14(9-20-10-15(18)19)16-11-5-7-13(8-6-11)21-12-3-1-2-4-12/h5-8,12H,1-4,9-10H2,(H,16,17)(H,18,19). The number of hydrogen-bond donors (Lipinski definition) is 2. The summed E-state index contributed by atoms with van der Waals surface area (Å²) in [4.78, 5) is 23.0. The minimum Gasteiger partial charge on any atom is -0.480 e. The molecule has 0 spiro atoms. The number of rotatable bonds is 7.